The molecule has 0 unspecified atom stereocenters. The molecule has 0 aliphatic carbocycles. The Bertz CT molecular complexity index is 584. The molecule has 1 saturated heterocycles. The normalized spacial score (nSPS) is 17.0. The van der Waals surface area contributed by atoms with Crippen molar-refractivity contribution in [3.05, 3.63) is 28.8 Å². The van der Waals surface area contributed by atoms with Crippen LogP contribution in [0.3, 0.4) is 0 Å². The van der Waals surface area contributed by atoms with Crippen LogP contribution in [0.25, 0.3) is 5.52 Å². The van der Waals surface area contributed by atoms with Crippen LogP contribution in [-0.4, -0.2) is 36.6 Å². The van der Waals surface area contributed by atoms with Gasteiger partial charge < -0.3 is 14.6 Å². The number of imidazole rings is 1. The van der Waals surface area contributed by atoms with Crippen LogP contribution in [-0.2, 0) is 0 Å². The molecule has 102 valence electrons. The van der Waals surface area contributed by atoms with E-state index in [1.165, 1.54) is 11.5 Å². The van der Waals surface area contributed by atoms with E-state index in [0.717, 1.165) is 36.1 Å². The second-order valence-corrected chi connectivity index (χ2v) is 6.07. The Kier molecular flexibility index (Phi) is 3.50. The minimum absolute atomic E-state index is 0.553. The van der Waals surface area contributed by atoms with Crippen LogP contribution in [0.1, 0.15) is 24.6 Å². The van der Waals surface area contributed by atoms with Gasteiger partial charge in [-0.25, -0.2) is 4.98 Å². The van der Waals surface area contributed by atoms with E-state index in [0.29, 0.717) is 5.92 Å². The number of fused-ring (bicyclic) bond motifs is 1. The number of halogens is 1. The summed E-state index contributed by atoms with van der Waals surface area (Å²) >= 11 is 3.58. The van der Waals surface area contributed by atoms with E-state index in [-0.39, 0.29) is 0 Å². The second-order valence-electron chi connectivity index (χ2n) is 5.32. The number of aromatic nitrogens is 2. The maximum absolute atomic E-state index is 4.75. The fraction of sp³-hybridized carbons (Fsp3) is 0.500. The quantitative estimate of drug-likeness (QED) is 0.922. The summed E-state index contributed by atoms with van der Waals surface area (Å²) < 4.78 is 3.20. The van der Waals surface area contributed by atoms with Gasteiger partial charge in [0.1, 0.15) is 10.4 Å². The van der Waals surface area contributed by atoms with Gasteiger partial charge in [-0.15, -0.1) is 0 Å². The Morgan fingerprint density at radius 3 is 2.74 bits per heavy atom. The van der Waals surface area contributed by atoms with Gasteiger partial charge in [0.25, 0.3) is 0 Å². The minimum atomic E-state index is 0.553. The number of anilines is 1. The molecule has 0 bridgehead atoms. The van der Waals surface area contributed by atoms with Crippen LogP contribution in [0.5, 0.6) is 0 Å². The van der Waals surface area contributed by atoms with Crippen LogP contribution in [0.2, 0.25) is 0 Å². The van der Waals surface area contributed by atoms with E-state index in [2.05, 4.69) is 63.0 Å². The molecule has 0 aromatic carbocycles. The van der Waals surface area contributed by atoms with E-state index in [1.807, 2.05) is 0 Å². The van der Waals surface area contributed by atoms with Crippen LogP contribution in [0, 0.1) is 0 Å². The summed E-state index contributed by atoms with van der Waals surface area (Å²) in [6.07, 6.45) is 4.51. The summed E-state index contributed by atoms with van der Waals surface area (Å²) in [5, 5.41) is 3.41. The van der Waals surface area contributed by atoms with Gasteiger partial charge in [-0.2, -0.15) is 0 Å². The first-order valence-corrected chi connectivity index (χ1v) is 7.51. The molecule has 3 heterocycles. The Labute approximate surface area is 121 Å². The van der Waals surface area contributed by atoms with Crippen molar-refractivity contribution in [1.82, 2.24) is 14.7 Å². The van der Waals surface area contributed by atoms with Gasteiger partial charge in [-0.1, -0.05) is 0 Å². The molecule has 1 aliphatic rings. The number of rotatable bonds is 2. The second kappa shape index (κ2) is 5.13. The maximum Gasteiger partial charge on any atom is 0.132 e. The largest absolute Gasteiger partial charge is 0.376 e. The molecule has 0 radical (unpaired) electrons. The van der Waals surface area contributed by atoms with Gasteiger partial charge in [-0.05, 0) is 54.0 Å². The molecular weight excluding hydrogens is 304 g/mol. The van der Waals surface area contributed by atoms with Crippen LogP contribution in [0.15, 0.2) is 22.9 Å². The van der Waals surface area contributed by atoms with Crippen LogP contribution < -0.4 is 10.2 Å². The smallest absolute Gasteiger partial charge is 0.132 e. The summed E-state index contributed by atoms with van der Waals surface area (Å²) in [6, 6.07) is 4.27. The fourth-order valence-corrected chi connectivity index (χ4v) is 3.20. The van der Waals surface area contributed by atoms with E-state index in [1.54, 1.807) is 0 Å². The van der Waals surface area contributed by atoms with Crippen molar-refractivity contribution in [3.63, 3.8) is 0 Å². The predicted molar refractivity (Wildman–Crippen MR) is 82.1 cm³/mol. The summed E-state index contributed by atoms with van der Waals surface area (Å²) in [5.74, 6) is 1.74. The van der Waals surface area contributed by atoms with Crippen molar-refractivity contribution < 1.29 is 0 Å². The molecule has 4 nitrogen and oxygen atoms in total. The zero-order valence-corrected chi connectivity index (χ0v) is 12.9. The van der Waals surface area contributed by atoms with Gasteiger partial charge >= 0.3 is 0 Å². The van der Waals surface area contributed by atoms with E-state index < -0.39 is 0 Å². The number of hydrogen-bond acceptors (Lipinski definition) is 3. The SMILES string of the molecule is CN(C)c1ccc2c(Br)nc(C3CCNCC3)n2c1. The highest BCUT2D eigenvalue weighted by molar-refractivity contribution is 9.10. The Morgan fingerprint density at radius 2 is 2.05 bits per heavy atom. The first-order valence-electron chi connectivity index (χ1n) is 6.72. The lowest BCUT2D eigenvalue weighted by Crippen LogP contribution is -2.27. The lowest BCUT2D eigenvalue weighted by Gasteiger charge is -2.22. The highest BCUT2D eigenvalue weighted by atomic mass is 79.9. The minimum Gasteiger partial charge on any atom is -0.376 e. The lowest BCUT2D eigenvalue weighted by molar-refractivity contribution is 0.444. The maximum atomic E-state index is 4.75. The van der Waals surface area contributed by atoms with Gasteiger partial charge in [0.15, 0.2) is 0 Å². The number of pyridine rings is 1. The van der Waals surface area contributed by atoms with E-state index >= 15 is 0 Å². The van der Waals surface area contributed by atoms with Gasteiger partial charge in [0, 0.05) is 26.2 Å². The average Bonchev–Trinajstić information content (AvgIpc) is 2.77. The van der Waals surface area contributed by atoms with Gasteiger partial charge in [0.05, 0.1) is 11.2 Å². The lowest BCUT2D eigenvalue weighted by atomic mass is 9.97. The molecule has 1 N–H and O–H groups in total. The van der Waals surface area contributed by atoms with Crippen molar-refractivity contribution in [2.24, 2.45) is 0 Å². The first-order chi connectivity index (χ1) is 9.16. The van der Waals surface area contributed by atoms with Gasteiger partial charge in [-0.3, -0.25) is 0 Å². The summed E-state index contributed by atoms with van der Waals surface area (Å²) in [4.78, 5) is 6.87. The van der Waals surface area contributed by atoms with Gasteiger partial charge in [0.2, 0.25) is 0 Å². The third-order valence-electron chi connectivity index (χ3n) is 3.82. The Morgan fingerprint density at radius 1 is 1.32 bits per heavy atom. The molecule has 1 fully saturated rings. The van der Waals surface area contributed by atoms with Crippen molar-refractivity contribution >= 4 is 27.1 Å². The summed E-state index contributed by atoms with van der Waals surface area (Å²) in [5.41, 5.74) is 2.35. The Balaban J connectivity index is 2.09. The van der Waals surface area contributed by atoms with Crippen molar-refractivity contribution in [1.29, 1.82) is 0 Å². The standard InChI is InChI=1S/C14H19BrN4/c1-18(2)11-3-4-12-13(15)17-14(19(12)9-11)10-5-7-16-8-6-10/h3-4,9-10,16H,5-8H2,1-2H3. The van der Waals surface area contributed by atoms with Crippen LogP contribution >= 0.6 is 15.9 Å². The molecule has 2 aromatic rings. The predicted octanol–water partition coefficient (Wildman–Crippen LogP) is 2.63. The molecule has 1 aliphatic heterocycles. The van der Waals surface area contributed by atoms with Crippen LogP contribution in [0.4, 0.5) is 5.69 Å². The number of nitrogens with zero attached hydrogens (tertiary/aromatic N) is 3. The van der Waals surface area contributed by atoms with E-state index in [4.69, 9.17) is 4.98 Å². The number of nitrogens with one attached hydrogen (secondary N) is 1. The summed E-state index contributed by atoms with van der Waals surface area (Å²) in [6.45, 7) is 2.18. The van der Waals surface area contributed by atoms with E-state index in [9.17, 15) is 0 Å². The fourth-order valence-electron chi connectivity index (χ4n) is 2.69. The molecule has 0 spiro atoms. The third-order valence-corrected chi connectivity index (χ3v) is 4.41. The van der Waals surface area contributed by atoms with Crippen molar-refractivity contribution in [2.75, 3.05) is 32.1 Å². The summed E-state index contributed by atoms with van der Waals surface area (Å²) in [7, 11) is 4.13. The monoisotopic (exact) mass is 322 g/mol. The third kappa shape index (κ3) is 2.37. The molecular formula is C14H19BrN4. The molecule has 5 heteroatoms. The molecule has 3 rings (SSSR count). The first kappa shape index (κ1) is 12.9. The van der Waals surface area contributed by atoms with Crippen molar-refractivity contribution in [2.45, 2.75) is 18.8 Å². The van der Waals surface area contributed by atoms with Crippen molar-refractivity contribution in [3.8, 4) is 0 Å². The number of piperidine rings is 1. The topological polar surface area (TPSA) is 32.6 Å². The number of hydrogen-bond donors (Lipinski definition) is 1. The highest BCUT2D eigenvalue weighted by Crippen LogP contribution is 2.30. The zero-order valence-electron chi connectivity index (χ0n) is 11.4. The molecule has 0 atom stereocenters. The molecule has 2 aromatic heterocycles. The zero-order chi connectivity index (χ0) is 13.4. The molecule has 0 amide bonds. The Hall–Kier alpha value is -1.07. The average molecular weight is 323 g/mol. The molecule has 19 heavy (non-hydrogen) atoms. The highest BCUT2D eigenvalue weighted by Gasteiger charge is 2.21. The molecule has 0 saturated carbocycles.